The fraction of sp³-hybridized carbons (Fsp3) is 0.240. The van der Waals surface area contributed by atoms with Crippen molar-refractivity contribution in [2.45, 2.75) is 37.0 Å². The van der Waals surface area contributed by atoms with Gasteiger partial charge in [-0.1, -0.05) is 48.9 Å². The second-order valence-electron chi connectivity index (χ2n) is 7.01. The predicted octanol–water partition coefficient (Wildman–Crippen LogP) is 6.18. The minimum Gasteiger partial charge on any atom is -0.497 e. The molecule has 0 aromatic heterocycles. The molecule has 0 fully saturated rings. The molecule has 29 heavy (non-hydrogen) atoms. The molecule has 1 atom stereocenters. The number of hydrogen-bond donors (Lipinski definition) is 1. The van der Waals surface area contributed by atoms with Gasteiger partial charge in [-0.15, -0.1) is 11.8 Å². The summed E-state index contributed by atoms with van der Waals surface area (Å²) in [4.78, 5) is 13.9. The molecule has 3 rings (SSSR count). The first-order chi connectivity index (χ1) is 14.1. The number of rotatable bonds is 8. The molecule has 1 amide bonds. The van der Waals surface area contributed by atoms with Crippen molar-refractivity contribution in [3.63, 3.8) is 0 Å². The number of benzene rings is 3. The molecule has 0 heterocycles. The van der Waals surface area contributed by atoms with Gasteiger partial charge in [0.05, 0.1) is 13.2 Å². The number of thioether (sulfide) groups is 1. The van der Waals surface area contributed by atoms with Gasteiger partial charge in [0, 0.05) is 16.2 Å². The Kier molecular flexibility index (Phi) is 7.36. The van der Waals surface area contributed by atoms with E-state index in [4.69, 9.17) is 4.74 Å². The largest absolute Gasteiger partial charge is 0.497 e. The zero-order chi connectivity index (χ0) is 20.6. The van der Waals surface area contributed by atoms with Gasteiger partial charge in [0.15, 0.2) is 0 Å². The summed E-state index contributed by atoms with van der Waals surface area (Å²) in [7, 11) is 1.65. The molecular formula is C25H27NO2S. The van der Waals surface area contributed by atoms with Crippen molar-refractivity contribution in [2.75, 3.05) is 7.11 Å². The summed E-state index contributed by atoms with van der Waals surface area (Å²) >= 11 is 1.80. The zero-order valence-electron chi connectivity index (χ0n) is 17.1. The zero-order valence-corrected chi connectivity index (χ0v) is 18.0. The summed E-state index contributed by atoms with van der Waals surface area (Å²) in [6.45, 7) is 4.16. The summed E-state index contributed by atoms with van der Waals surface area (Å²) in [5.74, 6) is 1.65. The van der Waals surface area contributed by atoms with E-state index in [2.05, 4.69) is 43.4 Å². The van der Waals surface area contributed by atoms with Crippen LogP contribution in [0.1, 0.15) is 46.4 Å². The van der Waals surface area contributed by atoms with Crippen LogP contribution in [0.5, 0.6) is 5.75 Å². The molecule has 0 saturated heterocycles. The number of carbonyl (C=O) groups is 1. The topological polar surface area (TPSA) is 38.3 Å². The lowest BCUT2D eigenvalue weighted by Gasteiger charge is -2.18. The molecule has 0 bridgehead atoms. The summed E-state index contributed by atoms with van der Waals surface area (Å²) in [5, 5.41) is 3.13. The van der Waals surface area contributed by atoms with Crippen molar-refractivity contribution in [1.29, 1.82) is 0 Å². The fourth-order valence-electron chi connectivity index (χ4n) is 3.05. The average molecular weight is 406 g/mol. The van der Waals surface area contributed by atoms with Gasteiger partial charge in [-0.2, -0.15) is 0 Å². The van der Waals surface area contributed by atoms with Gasteiger partial charge in [-0.05, 0) is 60.9 Å². The van der Waals surface area contributed by atoms with E-state index in [-0.39, 0.29) is 11.9 Å². The van der Waals surface area contributed by atoms with Gasteiger partial charge in [-0.25, -0.2) is 0 Å². The Morgan fingerprint density at radius 2 is 1.62 bits per heavy atom. The lowest BCUT2D eigenvalue weighted by atomic mass is 10.0. The molecule has 3 aromatic rings. The van der Waals surface area contributed by atoms with E-state index in [0.29, 0.717) is 5.56 Å². The molecule has 150 valence electrons. The van der Waals surface area contributed by atoms with Crippen LogP contribution in [0.3, 0.4) is 0 Å². The molecule has 0 aliphatic rings. The number of carbonyl (C=O) groups excluding carboxylic acids is 1. The number of ether oxygens (including phenoxy) is 1. The maximum Gasteiger partial charge on any atom is 0.251 e. The summed E-state index contributed by atoms with van der Waals surface area (Å²) in [6.07, 6.45) is 0.823. The molecule has 3 aromatic carbocycles. The van der Waals surface area contributed by atoms with Gasteiger partial charge in [0.1, 0.15) is 5.75 Å². The molecule has 0 spiro atoms. The normalized spacial score (nSPS) is 11.7. The summed E-state index contributed by atoms with van der Waals surface area (Å²) in [5.41, 5.74) is 4.23. The lowest BCUT2D eigenvalue weighted by molar-refractivity contribution is 0.0935. The van der Waals surface area contributed by atoms with Crippen LogP contribution in [0.4, 0.5) is 0 Å². The number of nitrogens with one attached hydrogen (secondary N) is 1. The lowest BCUT2D eigenvalue weighted by Crippen LogP contribution is -2.28. The second kappa shape index (κ2) is 10.2. The van der Waals surface area contributed by atoms with E-state index in [9.17, 15) is 4.79 Å². The summed E-state index contributed by atoms with van der Waals surface area (Å²) in [6, 6.07) is 24.2. The van der Waals surface area contributed by atoms with Crippen LogP contribution in [0.15, 0.2) is 77.7 Å². The quantitative estimate of drug-likeness (QED) is 0.455. The van der Waals surface area contributed by atoms with Gasteiger partial charge < -0.3 is 10.1 Å². The van der Waals surface area contributed by atoms with Crippen LogP contribution < -0.4 is 10.1 Å². The van der Waals surface area contributed by atoms with Crippen LogP contribution in [0.2, 0.25) is 0 Å². The Bertz CT molecular complexity index is 919. The van der Waals surface area contributed by atoms with E-state index < -0.39 is 0 Å². The molecule has 0 saturated carbocycles. The van der Waals surface area contributed by atoms with E-state index in [0.717, 1.165) is 23.5 Å². The average Bonchev–Trinajstić information content (AvgIpc) is 2.77. The van der Waals surface area contributed by atoms with Gasteiger partial charge in [0.25, 0.3) is 5.91 Å². The molecule has 3 nitrogen and oxygen atoms in total. The minimum atomic E-state index is -0.0506. The molecule has 0 unspecified atom stereocenters. The van der Waals surface area contributed by atoms with Gasteiger partial charge in [-0.3, -0.25) is 4.79 Å². The highest BCUT2D eigenvalue weighted by Gasteiger charge is 2.14. The third kappa shape index (κ3) is 5.88. The third-order valence-electron chi connectivity index (χ3n) is 4.87. The number of amides is 1. The van der Waals surface area contributed by atoms with Crippen molar-refractivity contribution in [3.8, 4) is 5.75 Å². The van der Waals surface area contributed by atoms with Crippen molar-refractivity contribution in [3.05, 3.63) is 95.1 Å². The van der Waals surface area contributed by atoms with Gasteiger partial charge in [0.2, 0.25) is 0 Å². The van der Waals surface area contributed by atoms with E-state index in [1.54, 1.807) is 18.9 Å². The molecule has 0 aliphatic heterocycles. The first kappa shape index (κ1) is 21.0. The summed E-state index contributed by atoms with van der Waals surface area (Å²) < 4.78 is 5.21. The Labute approximate surface area is 177 Å². The maximum absolute atomic E-state index is 12.7. The molecule has 4 heteroatoms. The number of methoxy groups -OCH3 is 1. The van der Waals surface area contributed by atoms with E-state index >= 15 is 0 Å². The van der Waals surface area contributed by atoms with Crippen LogP contribution in [0.25, 0.3) is 0 Å². The SMILES string of the molecule is CC[C@@H](NC(=O)c1ccc(CSc2ccc(C)cc2)cc1)c1ccc(OC)cc1. The highest BCUT2D eigenvalue weighted by molar-refractivity contribution is 7.98. The Morgan fingerprint density at radius 1 is 0.966 bits per heavy atom. The molecule has 0 radical (unpaired) electrons. The van der Waals surface area contributed by atoms with Crippen LogP contribution in [-0.4, -0.2) is 13.0 Å². The van der Waals surface area contributed by atoms with E-state index in [1.807, 2.05) is 48.5 Å². The standard InChI is InChI=1S/C25H27NO2S/c1-4-24(20-11-13-22(28-3)14-12-20)26-25(27)21-9-7-19(8-10-21)17-29-23-15-5-18(2)6-16-23/h5-16,24H,4,17H2,1-3H3,(H,26,27)/t24-/m1/s1. The van der Waals surface area contributed by atoms with Crippen molar-refractivity contribution < 1.29 is 9.53 Å². The predicted molar refractivity (Wildman–Crippen MR) is 121 cm³/mol. The molecule has 0 aliphatic carbocycles. The molecular weight excluding hydrogens is 378 g/mol. The number of hydrogen-bond acceptors (Lipinski definition) is 3. The van der Waals surface area contributed by atoms with E-state index in [1.165, 1.54) is 16.0 Å². The second-order valence-corrected chi connectivity index (χ2v) is 8.05. The first-order valence-corrected chi connectivity index (χ1v) is 10.8. The maximum atomic E-state index is 12.7. The van der Waals surface area contributed by atoms with Crippen LogP contribution in [0, 0.1) is 6.92 Å². The van der Waals surface area contributed by atoms with Crippen LogP contribution >= 0.6 is 11.8 Å². The smallest absolute Gasteiger partial charge is 0.251 e. The Balaban J connectivity index is 1.59. The van der Waals surface area contributed by atoms with Crippen molar-refractivity contribution >= 4 is 17.7 Å². The van der Waals surface area contributed by atoms with Crippen molar-refractivity contribution in [1.82, 2.24) is 5.32 Å². The number of aryl methyl sites for hydroxylation is 1. The van der Waals surface area contributed by atoms with Crippen LogP contribution in [-0.2, 0) is 5.75 Å². The highest BCUT2D eigenvalue weighted by atomic mass is 32.2. The monoisotopic (exact) mass is 405 g/mol. The van der Waals surface area contributed by atoms with Crippen molar-refractivity contribution in [2.24, 2.45) is 0 Å². The highest BCUT2D eigenvalue weighted by Crippen LogP contribution is 2.24. The first-order valence-electron chi connectivity index (χ1n) is 9.82. The Morgan fingerprint density at radius 3 is 2.21 bits per heavy atom. The minimum absolute atomic E-state index is 0.0230. The fourth-order valence-corrected chi connectivity index (χ4v) is 3.91. The third-order valence-corrected chi connectivity index (χ3v) is 5.96. The Hall–Kier alpha value is -2.72. The van der Waals surface area contributed by atoms with Gasteiger partial charge >= 0.3 is 0 Å². The molecule has 1 N–H and O–H groups in total.